The van der Waals surface area contributed by atoms with Crippen LogP contribution >= 0.6 is 0 Å². The van der Waals surface area contributed by atoms with Gasteiger partial charge in [0.25, 0.3) is 11.2 Å². The summed E-state index contributed by atoms with van der Waals surface area (Å²) in [4.78, 5) is 36.5. The first-order valence-electron chi connectivity index (χ1n) is 9.05. The molecule has 9 heteroatoms. The van der Waals surface area contributed by atoms with Crippen molar-refractivity contribution in [1.29, 1.82) is 0 Å². The van der Waals surface area contributed by atoms with E-state index in [1.165, 1.54) is 5.56 Å². The molecule has 0 saturated carbocycles. The second-order valence-corrected chi connectivity index (χ2v) is 6.56. The Morgan fingerprint density at radius 2 is 1.86 bits per heavy atom. The van der Waals surface area contributed by atoms with Crippen LogP contribution in [0.4, 0.5) is 11.4 Å². The summed E-state index contributed by atoms with van der Waals surface area (Å²) in [5, 5.41) is 13.5. The molecule has 2 aromatic rings. The largest absolute Gasteiger partial charge is 0.379 e. The predicted octanol–water partition coefficient (Wildman–Crippen LogP) is 1.27. The molecule has 1 amide bonds. The zero-order valence-corrected chi connectivity index (χ0v) is 15.4. The van der Waals surface area contributed by atoms with Crippen LogP contribution in [-0.2, 0) is 22.5 Å². The Morgan fingerprint density at radius 3 is 2.54 bits per heavy atom. The number of nitro groups is 1. The number of anilines is 1. The molecule has 0 aliphatic carbocycles. The summed E-state index contributed by atoms with van der Waals surface area (Å²) < 4.78 is 6.35. The number of nitrogens with zero attached hydrogens (tertiary/aromatic N) is 3. The van der Waals surface area contributed by atoms with Gasteiger partial charge >= 0.3 is 0 Å². The van der Waals surface area contributed by atoms with Crippen molar-refractivity contribution in [3.63, 3.8) is 0 Å². The average molecular weight is 386 g/mol. The fourth-order valence-electron chi connectivity index (χ4n) is 2.97. The van der Waals surface area contributed by atoms with Crippen molar-refractivity contribution < 1.29 is 14.5 Å². The third kappa shape index (κ3) is 5.48. The van der Waals surface area contributed by atoms with E-state index >= 15 is 0 Å². The van der Waals surface area contributed by atoms with Crippen LogP contribution in [0.25, 0.3) is 0 Å². The second kappa shape index (κ2) is 9.25. The van der Waals surface area contributed by atoms with Gasteiger partial charge in [-0.2, -0.15) is 0 Å². The molecule has 0 spiro atoms. The lowest BCUT2D eigenvalue weighted by molar-refractivity contribution is -0.385. The minimum Gasteiger partial charge on any atom is -0.379 e. The number of morpholine rings is 1. The van der Waals surface area contributed by atoms with E-state index in [4.69, 9.17) is 4.74 Å². The first kappa shape index (κ1) is 19.7. The van der Waals surface area contributed by atoms with Crippen LogP contribution in [0.2, 0.25) is 0 Å². The van der Waals surface area contributed by atoms with Crippen molar-refractivity contribution in [1.82, 2.24) is 9.47 Å². The Morgan fingerprint density at radius 1 is 1.14 bits per heavy atom. The van der Waals surface area contributed by atoms with Crippen LogP contribution in [0.3, 0.4) is 0 Å². The van der Waals surface area contributed by atoms with Gasteiger partial charge in [0, 0.05) is 37.5 Å². The summed E-state index contributed by atoms with van der Waals surface area (Å²) in [5.74, 6) is -0.427. The van der Waals surface area contributed by atoms with Gasteiger partial charge in [-0.3, -0.25) is 29.2 Å². The normalized spacial score (nSPS) is 14.6. The molecule has 0 bridgehead atoms. The van der Waals surface area contributed by atoms with Crippen molar-refractivity contribution in [2.75, 3.05) is 38.2 Å². The molecule has 1 fully saturated rings. The molecule has 3 rings (SSSR count). The number of rotatable bonds is 7. The van der Waals surface area contributed by atoms with Crippen LogP contribution in [0.1, 0.15) is 5.56 Å². The first-order chi connectivity index (χ1) is 13.5. The highest BCUT2D eigenvalue weighted by atomic mass is 16.6. The van der Waals surface area contributed by atoms with Gasteiger partial charge in [-0.1, -0.05) is 12.1 Å². The maximum Gasteiger partial charge on any atom is 0.285 e. The number of hydrogen-bond donors (Lipinski definition) is 1. The summed E-state index contributed by atoms with van der Waals surface area (Å²) in [6, 6.07) is 9.72. The minimum atomic E-state index is -0.608. The summed E-state index contributed by atoms with van der Waals surface area (Å²) in [6.07, 6.45) is 1.98. The second-order valence-electron chi connectivity index (χ2n) is 6.56. The molecular formula is C19H22N4O5. The van der Waals surface area contributed by atoms with Gasteiger partial charge in [-0.25, -0.2) is 0 Å². The Hall–Kier alpha value is -3.04. The van der Waals surface area contributed by atoms with E-state index in [-0.39, 0.29) is 12.2 Å². The molecule has 1 aliphatic heterocycles. The zero-order chi connectivity index (χ0) is 19.9. The van der Waals surface area contributed by atoms with Gasteiger partial charge in [0.15, 0.2) is 0 Å². The Labute approximate surface area is 161 Å². The number of benzene rings is 1. The van der Waals surface area contributed by atoms with E-state index in [9.17, 15) is 19.7 Å². The minimum absolute atomic E-state index is 0.239. The monoisotopic (exact) mass is 386 g/mol. The Balaban J connectivity index is 1.53. The van der Waals surface area contributed by atoms with Gasteiger partial charge in [0.05, 0.1) is 24.3 Å². The molecule has 28 heavy (non-hydrogen) atoms. The first-order valence-corrected chi connectivity index (χ1v) is 9.05. The summed E-state index contributed by atoms with van der Waals surface area (Å²) in [5.41, 5.74) is 1.06. The van der Waals surface area contributed by atoms with E-state index in [1.54, 1.807) is 0 Å². The van der Waals surface area contributed by atoms with Crippen molar-refractivity contribution in [3.05, 3.63) is 68.6 Å². The number of carbonyl (C=O) groups excluding carboxylic acids is 1. The summed E-state index contributed by atoms with van der Waals surface area (Å²) in [6.45, 7) is 4.12. The number of carbonyl (C=O) groups is 1. The van der Waals surface area contributed by atoms with Gasteiger partial charge in [-0.05, 0) is 24.1 Å². The van der Waals surface area contributed by atoms with E-state index < -0.39 is 16.4 Å². The third-order valence-corrected chi connectivity index (χ3v) is 4.55. The van der Waals surface area contributed by atoms with E-state index in [0.29, 0.717) is 5.69 Å². The van der Waals surface area contributed by atoms with Gasteiger partial charge < -0.3 is 10.1 Å². The molecular weight excluding hydrogens is 364 g/mol. The number of hydrogen-bond acceptors (Lipinski definition) is 6. The molecule has 9 nitrogen and oxygen atoms in total. The van der Waals surface area contributed by atoms with Crippen LogP contribution in [0, 0.1) is 10.1 Å². The number of ether oxygens (including phenoxy) is 1. The van der Waals surface area contributed by atoms with Gasteiger partial charge in [-0.15, -0.1) is 0 Å². The molecule has 1 aliphatic rings. The maximum absolute atomic E-state index is 12.2. The molecule has 0 unspecified atom stereocenters. The molecule has 0 atom stereocenters. The number of pyridine rings is 1. The van der Waals surface area contributed by atoms with Crippen molar-refractivity contribution in [3.8, 4) is 0 Å². The van der Waals surface area contributed by atoms with Crippen LogP contribution < -0.4 is 10.9 Å². The molecule has 0 radical (unpaired) electrons. The standard InChI is InChI=1S/C19H22N4O5/c24-18(14-22-13-17(23(26)27)5-6-19(22)25)20-16-3-1-15(2-4-16)7-8-21-9-11-28-12-10-21/h1-6,13H,7-12,14H2,(H,20,24). The SMILES string of the molecule is O=C(Cn1cc([N+](=O)[O-])ccc1=O)Nc1ccc(CCN2CCOCC2)cc1. The summed E-state index contributed by atoms with van der Waals surface area (Å²) in [7, 11) is 0. The predicted molar refractivity (Wildman–Crippen MR) is 103 cm³/mol. The summed E-state index contributed by atoms with van der Waals surface area (Å²) >= 11 is 0. The van der Waals surface area contributed by atoms with Gasteiger partial charge in [0.1, 0.15) is 6.54 Å². The topological polar surface area (TPSA) is 107 Å². The van der Waals surface area contributed by atoms with Crippen LogP contribution in [0.15, 0.2) is 47.4 Å². The van der Waals surface area contributed by atoms with Crippen molar-refractivity contribution in [2.45, 2.75) is 13.0 Å². The fraction of sp³-hybridized carbons (Fsp3) is 0.368. The van der Waals surface area contributed by atoms with E-state index in [0.717, 1.165) is 62.2 Å². The van der Waals surface area contributed by atoms with Crippen molar-refractivity contribution in [2.24, 2.45) is 0 Å². The molecule has 1 saturated heterocycles. The Kier molecular flexibility index (Phi) is 6.51. The van der Waals surface area contributed by atoms with Gasteiger partial charge in [0.2, 0.25) is 5.91 Å². The lowest BCUT2D eigenvalue weighted by Gasteiger charge is -2.26. The van der Waals surface area contributed by atoms with Crippen LogP contribution in [0.5, 0.6) is 0 Å². The highest BCUT2D eigenvalue weighted by molar-refractivity contribution is 5.90. The lowest BCUT2D eigenvalue weighted by Crippen LogP contribution is -2.37. The average Bonchev–Trinajstić information content (AvgIpc) is 2.70. The number of nitrogens with one attached hydrogen (secondary N) is 1. The van der Waals surface area contributed by atoms with Crippen molar-refractivity contribution >= 4 is 17.3 Å². The quantitative estimate of drug-likeness (QED) is 0.567. The third-order valence-electron chi connectivity index (χ3n) is 4.55. The number of aromatic nitrogens is 1. The molecule has 1 aromatic carbocycles. The molecule has 148 valence electrons. The highest BCUT2D eigenvalue weighted by Gasteiger charge is 2.12. The molecule has 1 aromatic heterocycles. The molecule has 1 N–H and O–H groups in total. The number of amides is 1. The van der Waals surface area contributed by atoms with Crippen LogP contribution in [-0.4, -0.2) is 53.1 Å². The smallest absolute Gasteiger partial charge is 0.285 e. The van der Waals surface area contributed by atoms with E-state index in [2.05, 4.69) is 10.2 Å². The maximum atomic E-state index is 12.2. The highest BCUT2D eigenvalue weighted by Crippen LogP contribution is 2.12. The Bertz CT molecular complexity index is 888. The molecule has 2 heterocycles. The zero-order valence-electron chi connectivity index (χ0n) is 15.4. The fourth-order valence-corrected chi connectivity index (χ4v) is 2.97. The van der Waals surface area contributed by atoms with E-state index in [1.807, 2.05) is 24.3 Å². The lowest BCUT2D eigenvalue weighted by atomic mass is 10.1.